The molecule has 0 fully saturated rings. The molecule has 0 saturated heterocycles. The van der Waals surface area contributed by atoms with Gasteiger partial charge in [-0.05, 0) is 44.5 Å². The molecule has 0 unspecified atom stereocenters. The molecule has 1 nitrogen and oxygen atoms in total. The molecule has 0 saturated carbocycles. The summed E-state index contributed by atoms with van der Waals surface area (Å²) in [5.41, 5.74) is 0.729. The fourth-order valence-electron chi connectivity index (χ4n) is 1.54. The topological polar surface area (TPSA) is 12.0 Å². The van der Waals surface area contributed by atoms with Gasteiger partial charge in [0.15, 0.2) is 0 Å². The Morgan fingerprint density at radius 1 is 1.27 bits per heavy atom. The number of hydrogen-bond acceptors (Lipinski definition) is 1. The van der Waals surface area contributed by atoms with Crippen LogP contribution in [0.3, 0.4) is 0 Å². The van der Waals surface area contributed by atoms with Gasteiger partial charge in [-0.1, -0.05) is 30.2 Å². The lowest BCUT2D eigenvalue weighted by atomic mass is 10.1. The quantitative estimate of drug-likeness (QED) is 0.738. The molecule has 0 amide bonds. The number of halogens is 2. The van der Waals surface area contributed by atoms with E-state index in [2.05, 4.69) is 5.32 Å². The zero-order valence-corrected chi connectivity index (χ0v) is 9.78. The van der Waals surface area contributed by atoms with Crippen LogP contribution in [0.4, 0.5) is 4.39 Å². The third-order valence-corrected chi connectivity index (χ3v) is 2.70. The van der Waals surface area contributed by atoms with Crippen molar-refractivity contribution in [1.29, 1.82) is 0 Å². The van der Waals surface area contributed by atoms with Crippen molar-refractivity contribution in [2.45, 2.75) is 25.7 Å². The monoisotopic (exact) mass is 229 g/mol. The average Bonchev–Trinajstić information content (AvgIpc) is 2.24. The van der Waals surface area contributed by atoms with Gasteiger partial charge in [0.05, 0.1) is 5.02 Å². The predicted molar refractivity (Wildman–Crippen MR) is 62.9 cm³/mol. The number of hydrogen-bond donors (Lipinski definition) is 1. The van der Waals surface area contributed by atoms with Gasteiger partial charge in [-0.15, -0.1) is 0 Å². The average molecular weight is 230 g/mol. The molecule has 0 atom stereocenters. The van der Waals surface area contributed by atoms with E-state index in [1.807, 2.05) is 7.05 Å². The molecule has 1 aromatic rings. The number of rotatable bonds is 6. The van der Waals surface area contributed by atoms with Gasteiger partial charge in [0.1, 0.15) is 5.82 Å². The van der Waals surface area contributed by atoms with Crippen LogP contribution in [0, 0.1) is 5.82 Å². The molecule has 84 valence electrons. The van der Waals surface area contributed by atoms with Gasteiger partial charge in [-0.3, -0.25) is 0 Å². The van der Waals surface area contributed by atoms with Crippen molar-refractivity contribution < 1.29 is 4.39 Å². The summed E-state index contributed by atoms with van der Waals surface area (Å²) >= 11 is 5.69. The molecule has 1 aromatic carbocycles. The van der Waals surface area contributed by atoms with Gasteiger partial charge >= 0.3 is 0 Å². The Bertz CT molecular complexity index is 302. The van der Waals surface area contributed by atoms with E-state index in [4.69, 9.17) is 11.6 Å². The third-order valence-electron chi connectivity index (χ3n) is 2.40. The Balaban J connectivity index is 2.34. The van der Waals surface area contributed by atoms with Gasteiger partial charge in [-0.2, -0.15) is 0 Å². The number of aryl methyl sites for hydroxylation is 1. The second-order valence-corrected chi connectivity index (χ2v) is 4.03. The summed E-state index contributed by atoms with van der Waals surface area (Å²) in [5, 5.41) is 3.32. The molecule has 0 radical (unpaired) electrons. The highest BCUT2D eigenvalue weighted by atomic mass is 35.5. The molecule has 3 heteroatoms. The van der Waals surface area contributed by atoms with Crippen LogP contribution in [-0.4, -0.2) is 13.6 Å². The highest BCUT2D eigenvalue weighted by Gasteiger charge is 2.04. The zero-order valence-electron chi connectivity index (χ0n) is 9.02. The van der Waals surface area contributed by atoms with E-state index in [-0.39, 0.29) is 10.8 Å². The Morgan fingerprint density at radius 2 is 2.07 bits per heavy atom. The molecular weight excluding hydrogens is 213 g/mol. The first-order valence-electron chi connectivity index (χ1n) is 5.33. The molecule has 0 aliphatic rings. The van der Waals surface area contributed by atoms with Crippen LogP contribution in [0.15, 0.2) is 18.2 Å². The maximum absolute atomic E-state index is 13.4. The second-order valence-electron chi connectivity index (χ2n) is 3.63. The van der Waals surface area contributed by atoms with Crippen LogP contribution in [0.2, 0.25) is 5.02 Å². The Kier molecular flexibility index (Phi) is 5.66. The van der Waals surface area contributed by atoms with Gasteiger partial charge in [-0.25, -0.2) is 4.39 Å². The minimum atomic E-state index is -0.257. The summed E-state index contributed by atoms with van der Waals surface area (Å²) in [6.07, 6.45) is 4.04. The van der Waals surface area contributed by atoms with E-state index in [0.29, 0.717) is 0 Å². The highest BCUT2D eigenvalue weighted by molar-refractivity contribution is 6.30. The largest absolute Gasteiger partial charge is 0.320 e. The van der Waals surface area contributed by atoms with E-state index < -0.39 is 0 Å². The van der Waals surface area contributed by atoms with Crippen molar-refractivity contribution in [1.82, 2.24) is 5.32 Å². The van der Waals surface area contributed by atoms with Crippen LogP contribution in [0.25, 0.3) is 0 Å². The maximum Gasteiger partial charge on any atom is 0.144 e. The lowest BCUT2D eigenvalue weighted by Crippen LogP contribution is -2.07. The van der Waals surface area contributed by atoms with E-state index >= 15 is 0 Å². The fourth-order valence-corrected chi connectivity index (χ4v) is 1.73. The normalized spacial score (nSPS) is 10.6. The van der Waals surface area contributed by atoms with Crippen LogP contribution in [0.5, 0.6) is 0 Å². The van der Waals surface area contributed by atoms with Crippen LogP contribution >= 0.6 is 11.6 Å². The third kappa shape index (κ3) is 4.18. The highest BCUT2D eigenvalue weighted by Crippen LogP contribution is 2.19. The molecule has 0 aliphatic heterocycles. The van der Waals surface area contributed by atoms with Gasteiger partial charge in [0, 0.05) is 0 Å². The molecule has 0 aliphatic carbocycles. The van der Waals surface area contributed by atoms with E-state index in [1.165, 1.54) is 0 Å². The molecule has 0 spiro atoms. The first-order chi connectivity index (χ1) is 7.25. The van der Waals surface area contributed by atoms with Crippen LogP contribution < -0.4 is 5.32 Å². The van der Waals surface area contributed by atoms with Gasteiger partial charge in [0.25, 0.3) is 0 Å². The Morgan fingerprint density at radius 3 is 2.80 bits per heavy atom. The van der Waals surface area contributed by atoms with Crippen LogP contribution in [-0.2, 0) is 6.42 Å². The van der Waals surface area contributed by atoms with Crippen molar-refractivity contribution in [3.05, 3.63) is 34.6 Å². The minimum absolute atomic E-state index is 0.225. The van der Waals surface area contributed by atoms with Crippen molar-refractivity contribution in [2.75, 3.05) is 13.6 Å². The molecule has 0 heterocycles. The molecule has 0 aromatic heterocycles. The first kappa shape index (κ1) is 12.5. The lowest BCUT2D eigenvalue weighted by molar-refractivity contribution is 0.591. The summed E-state index contributed by atoms with van der Waals surface area (Å²) in [6.45, 7) is 1.03. The molecule has 15 heavy (non-hydrogen) atoms. The summed E-state index contributed by atoms with van der Waals surface area (Å²) in [4.78, 5) is 0. The Labute approximate surface area is 95.6 Å². The van der Waals surface area contributed by atoms with E-state index in [9.17, 15) is 4.39 Å². The summed E-state index contributed by atoms with van der Waals surface area (Å²) in [7, 11) is 1.94. The number of nitrogens with one attached hydrogen (secondary N) is 1. The van der Waals surface area contributed by atoms with Crippen LogP contribution in [0.1, 0.15) is 24.8 Å². The predicted octanol–water partition coefficient (Wildman–Crippen LogP) is 3.41. The van der Waals surface area contributed by atoms with Gasteiger partial charge in [0.2, 0.25) is 0 Å². The summed E-state index contributed by atoms with van der Waals surface area (Å²) in [6, 6.07) is 5.19. The lowest BCUT2D eigenvalue weighted by Gasteiger charge is -2.04. The molecule has 1 N–H and O–H groups in total. The number of benzene rings is 1. The molecular formula is C12H17ClFN. The van der Waals surface area contributed by atoms with Gasteiger partial charge < -0.3 is 5.32 Å². The van der Waals surface area contributed by atoms with Crippen molar-refractivity contribution in [3.8, 4) is 0 Å². The molecule has 0 bridgehead atoms. The smallest absolute Gasteiger partial charge is 0.144 e. The van der Waals surface area contributed by atoms with Crippen molar-refractivity contribution >= 4 is 11.6 Å². The van der Waals surface area contributed by atoms with Crippen molar-refractivity contribution in [2.24, 2.45) is 0 Å². The first-order valence-corrected chi connectivity index (χ1v) is 5.71. The fraction of sp³-hybridized carbons (Fsp3) is 0.500. The summed E-state index contributed by atoms with van der Waals surface area (Å²) in [5.74, 6) is -0.257. The number of unbranched alkanes of at least 4 members (excludes halogenated alkanes) is 2. The standard InChI is InChI=1S/C12H17ClFN/c1-15-9-4-2-3-6-10-7-5-8-11(13)12(10)14/h5,7-8,15H,2-4,6,9H2,1H3. The SMILES string of the molecule is CNCCCCCc1cccc(Cl)c1F. The van der Waals surface area contributed by atoms with E-state index in [1.54, 1.807) is 18.2 Å². The second kappa shape index (κ2) is 6.81. The summed E-state index contributed by atoms with van der Waals surface area (Å²) < 4.78 is 13.4. The molecule has 1 rings (SSSR count). The zero-order chi connectivity index (χ0) is 11.1. The van der Waals surface area contributed by atoms with Crippen molar-refractivity contribution in [3.63, 3.8) is 0 Å². The Hall–Kier alpha value is -0.600. The maximum atomic E-state index is 13.4. The minimum Gasteiger partial charge on any atom is -0.320 e. The van der Waals surface area contributed by atoms with E-state index in [0.717, 1.165) is 37.8 Å².